The van der Waals surface area contributed by atoms with Gasteiger partial charge in [-0.05, 0) is 37.1 Å². The summed E-state index contributed by atoms with van der Waals surface area (Å²) in [4.78, 5) is 2.29. The third kappa shape index (κ3) is 3.91. The van der Waals surface area contributed by atoms with Crippen LogP contribution in [0.1, 0.15) is 12.8 Å². The topological polar surface area (TPSA) is 58.7 Å². The van der Waals surface area contributed by atoms with Gasteiger partial charge in [-0.2, -0.15) is 0 Å². The predicted octanol–water partition coefficient (Wildman–Crippen LogP) is 1.10. The molecule has 0 heterocycles. The van der Waals surface area contributed by atoms with Gasteiger partial charge < -0.3 is 15.6 Å². The maximum atomic E-state index is 8.96. The van der Waals surface area contributed by atoms with E-state index >= 15 is 0 Å². The second kappa shape index (κ2) is 5.89. The number of nitrogens with zero attached hydrogens (tertiary/aromatic N) is 1. The minimum atomic E-state index is 0.221. The van der Waals surface area contributed by atoms with E-state index in [-0.39, 0.29) is 6.61 Å². The van der Waals surface area contributed by atoms with Crippen molar-refractivity contribution in [1.29, 1.82) is 0 Å². The Balaban J connectivity index is 1.72. The number of ether oxygens (including phenoxy) is 1. The summed E-state index contributed by atoms with van der Waals surface area (Å²) < 4.78 is 5.64. The molecule has 0 amide bonds. The van der Waals surface area contributed by atoms with Gasteiger partial charge in [0.1, 0.15) is 12.4 Å². The van der Waals surface area contributed by atoms with E-state index in [1.807, 2.05) is 24.3 Å². The number of benzene rings is 1. The molecular formula is C13H20N2O2. The number of aliphatic hydroxyl groups excluding tert-OH is 1. The Morgan fingerprint density at radius 1 is 1.24 bits per heavy atom. The summed E-state index contributed by atoms with van der Waals surface area (Å²) in [6.45, 7) is 2.49. The standard InChI is InChI=1S/C13H20N2O2/c14-11-1-5-13(6-2-11)17-10-8-15(7-9-16)12-3-4-12/h1-2,5-6,12,16H,3-4,7-10,14H2. The van der Waals surface area contributed by atoms with Gasteiger partial charge >= 0.3 is 0 Å². The van der Waals surface area contributed by atoms with E-state index in [0.717, 1.165) is 24.5 Å². The molecule has 1 saturated carbocycles. The van der Waals surface area contributed by atoms with Gasteiger partial charge in [0.2, 0.25) is 0 Å². The highest BCUT2D eigenvalue weighted by Gasteiger charge is 2.28. The van der Waals surface area contributed by atoms with Crippen molar-refractivity contribution >= 4 is 5.69 Å². The summed E-state index contributed by atoms with van der Waals surface area (Å²) in [7, 11) is 0. The second-order valence-electron chi connectivity index (χ2n) is 4.41. The zero-order valence-corrected chi connectivity index (χ0v) is 10.0. The van der Waals surface area contributed by atoms with Crippen molar-refractivity contribution in [1.82, 2.24) is 4.90 Å². The van der Waals surface area contributed by atoms with Crippen LogP contribution in [0.15, 0.2) is 24.3 Å². The Hall–Kier alpha value is -1.26. The van der Waals surface area contributed by atoms with Gasteiger partial charge in [-0.3, -0.25) is 4.90 Å². The van der Waals surface area contributed by atoms with Crippen LogP contribution < -0.4 is 10.5 Å². The van der Waals surface area contributed by atoms with E-state index < -0.39 is 0 Å². The Morgan fingerprint density at radius 2 is 1.94 bits per heavy atom. The summed E-state index contributed by atoms with van der Waals surface area (Å²) in [5.74, 6) is 0.846. The van der Waals surface area contributed by atoms with Crippen LogP contribution in [-0.2, 0) is 0 Å². The van der Waals surface area contributed by atoms with Crippen molar-refractivity contribution in [2.24, 2.45) is 0 Å². The number of nitrogens with two attached hydrogens (primary N) is 1. The maximum absolute atomic E-state index is 8.96. The highest BCUT2D eigenvalue weighted by Crippen LogP contribution is 2.26. The largest absolute Gasteiger partial charge is 0.492 e. The van der Waals surface area contributed by atoms with Crippen LogP contribution in [0.5, 0.6) is 5.75 Å². The number of hydrogen-bond acceptors (Lipinski definition) is 4. The highest BCUT2D eigenvalue weighted by atomic mass is 16.5. The fourth-order valence-corrected chi connectivity index (χ4v) is 1.89. The lowest BCUT2D eigenvalue weighted by Crippen LogP contribution is -2.33. The first-order valence-corrected chi connectivity index (χ1v) is 6.13. The zero-order valence-electron chi connectivity index (χ0n) is 10.0. The molecule has 0 atom stereocenters. The summed E-state index contributed by atoms with van der Waals surface area (Å²) >= 11 is 0. The lowest BCUT2D eigenvalue weighted by molar-refractivity contribution is 0.162. The molecule has 0 spiro atoms. The van der Waals surface area contributed by atoms with Crippen molar-refractivity contribution in [3.8, 4) is 5.75 Å². The van der Waals surface area contributed by atoms with Crippen LogP contribution >= 0.6 is 0 Å². The zero-order chi connectivity index (χ0) is 12.1. The Bertz CT molecular complexity index is 336. The molecule has 1 fully saturated rings. The molecule has 0 radical (unpaired) electrons. The van der Waals surface area contributed by atoms with Crippen LogP contribution in [0.4, 0.5) is 5.69 Å². The molecule has 4 nitrogen and oxygen atoms in total. The van der Waals surface area contributed by atoms with E-state index in [0.29, 0.717) is 12.6 Å². The molecule has 0 aliphatic heterocycles. The van der Waals surface area contributed by atoms with Crippen molar-refractivity contribution in [3.63, 3.8) is 0 Å². The van der Waals surface area contributed by atoms with Crippen LogP contribution in [0, 0.1) is 0 Å². The SMILES string of the molecule is Nc1ccc(OCCN(CCO)C2CC2)cc1. The summed E-state index contributed by atoms with van der Waals surface area (Å²) in [6.07, 6.45) is 2.50. The van der Waals surface area contributed by atoms with Crippen molar-refractivity contribution < 1.29 is 9.84 Å². The van der Waals surface area contributed by atoms with E-state index in [1.54, 1.807) is 0 Å². The molecule has 0 unspecified atom stereocenters. The first-order chi connectivity index (χ1) is 8.29. The average Bonchev–Trinajstić information content (AvgIpc) is 3.15. The van der Waals surface area contributed by atoms with Crippen molar-refractivity contribution in [3.05, 3.63) is 24.3 Å². The van der Waals surface area contributed by atoms with Crippen molar-refractivity contribution in [2.45, 2.75) is 18.9 Å². The minimum Gasteiger partial charge on any atom is -0.492 e. The maximum Gasteiger partial charge on any atom is 0.119 e. The van der Waals surface area contributed by atoms with Crippen LogP contribution in [0.3, 0.4) is 0 Å². The fraction of sp³-hybridized carbons (Fsp3) is 0.538. The molecule has 1 aliphatic rings. The molecule has 0 aromatic heterocycles. The lowest BCUT2D eigenvalue weighted by Gasteiger charge is -2.20. The molecule has 3 N–H and O–H groups in total. The molecular weight excluding hydrogens is 216 g/mol. The fourth-order valence-electron chi connectivity index (χ4n) is 1.89. The number of hydrogen-bond donors (Lipinski definition) is 2. The van der Waals surface area contributed by atoms with Gasteiger partial charge in [0.05, 0.1) is 6.61 Å². The molecule has 94 valence electrons. The van der Waals surface area contributed by atoms with Crippen LogP contribution in [0.2, 0.25) is 0 Å². The number of anilines is 1. The van der Waals surface area contributed by atoms with Gasteiger partial charge in [0.25, 0.3) is 0 Å². The summed E-state index contributed by atoms with van der Waals surface area (Å²) in [5, 5.41) is 8.96. The predicted molar refractivity (Wildman–Crippen MR) is 68.0 cm³/mol. The van der Waals surface area contributed by atoms with Crippen molar-refractivity contribution in [2.75, 3.05) is 32.0 Å². The number of nitrogen functional groups attached to an aromatic ring is 1. The Morgan fingerprint density at radius 3 is 2.53 bits per heavy atom. The van der Waals surface area contributed by atoms with Gasteiger partial charge in [-0.1, -0.05) is 0 Å². The average molecular weight is 236 g/mol. The van der Waals surface area contributed by atoms with E-state index in [1.165, 1.54) is 12.8 Å². The molecule has 2 rings (SSSR count). The third-order valence-corrected chi connectivity index (χ3v) is 2.98. The summed E-state index contributed by atoms with van der Waals surface area (Å²) in [6, 6.07) is 8.09. The normalized spacial score (nSPS) is 15.2. The van der Waals surface area contributed by atoms with Gasteiger partial charge in [0.15, 0.2) is 0 Å². The molecule has 0 bridgehead atoms. The van der Waals surface area contributed by atoms with Crippen LogP contribution in [0.25, 0.3) is 0 Å². The first kappa shape index (κ1) is 12.2. The molecule has 4 heteroatoms. The number of aliphatic hydroxyl groups is 1. The molecule has 17 heavy (non-hydrogen) atoms. The molecule has 1 aliphatic carbocycles. The second-order valence-corrected chi connectivity index (χ2v) is 4.41. The molecule has 1 aromatic rings. The summed E-state index contributed by atoms with van der Waals surface area (Å²) in [5.41, 5.74) is 6.35. The lowest BCUT2D eigenvalue weighted by atomic mass is 10.3. The van der Waals surface area contributed by atoms with Gasteiger partial charge in [-0.25, -0.2) is 0 Å². The highest BCUT2D eigenvalue weighted by molar-refractivity contribution is 5.41. The molecule has 1 aromatic carbocycles. The number of rotatable bonds is 7. The van der Waals surface area contributed by atoms with Crippen LogP contribution in [-0.4, -0.2) is 42.4 Å². The third-order valence-electron chi connectivity index (χ3n) is 2.98. The first-order valence-electron chi connectivity index (χ1n) is 6.13. The minimum absolute atomic E-state index is 0.221. The van der Waals surface area contributed by atoms with E-state index in [9.17, 15) is 0 Å². The van der Waals surface area contributed by atoms with Gasteiger partial charge in [-0.15, -0.1) is 0 Å². The monoisotopic (exact) mass is 236 g/mol. The Labute approximate surface area is 102 Å². The smallest absolute Gasteiger partial charge is 0.119 e. The Kier molecular flexibility index (Phi) is 4.23. The van der Waals surface area contributed by atoms with E-state index in [4.69, 9.17) is 15.6 Å². The quantitative estimate of drug-likeness (QED) is 0.696. The van der Waals surface area contributed by atoms with E-state index in [2.05, 4.69) is 4.90 Å². The van der Waals surface area contributed by atoms with Gasteiger partial charge in [0, 0.05) is 24.8 Å². The molecule has 0 saturated heterocycles.